The number of benzene rings is 1. The van der Waals surface area contributed by atoms with Crippen molar-refractivity contribution in [1.82, 2.24) is 20.0 Å². The van der Waals surface area contributed by atoms with E-state index in [0.29, 0.717) is 17.1 Å². The average molecular weight is 236 g/mol. The molecule has 0 spiro atoms. The Hall–Kier alpha value is -2.94. The van der Waals surface area contributed by atoms with Crippen LogP contribution in [0.4, 0.5) is 5.69 Å². The molecule has 0 fully saturated rings. The molecule has 0 saturated carbocycles. The standard InChI is InChI=1S/C12H8N6/c13-7-8-5-6-15-12(11(8)14)18-10-4-2-1-3-9(10)16-17-18/h1-6H,14H2. The molecule has 2 aromatic heterocycles. The van der Waals surface area contributed by atoms with Gasteiger partial charge in [0.05, 0.1) is 16.8 Å². The Morgan fingerprint density at radius 1 is 1.22 bits per heavy atom. The molecular formula is C12H8N6. The second-order valence-corrected chi connectivity index (χ2v) is 3.70. The van der Waals surface area contributed by atoms with Crippen LogP contribution in [0, 0.1) is 11.3 Å². The second kappa shape index (κ2) is 3.82. The van der Waals surface area contributed by atoms with E-state index in [4.69, 9.17) is 11.0 Å². The smallest absolute Gasteiger partial charge is 0.180 e. The molecule has 18 heavy (non-hydrogen) atoms. The predicted molar refractivity (Wildman–Crippen MR) is 65.8 cm³/mol. The van der Waals surface area contributed by atoms with Crippen LogP contribution in [0.5, 0.6) is 0 Å². The van der Waals surface area contributed by atoms with Crippen molar-refractivity contribution in [1.29, 1.82) is 5.26 Å². The molecule has 3 rings (SSSR count). The summed E-state index contributed by atoms with van der Waals surface area (Å²) in [5, 5.41) is 17.0. The number of nitrogens with two attached hydrogens (primary N) is 1. The number of para-hydroxylation sites is 1. The molecule has 6 heteroatoms. The van der Waals surface area contributed by atoms with Gasteiger partial charge in [0.25, 0.3) is 0 Å². The SMILES string of the molecule is N#Cc1ccnc(-n2nnc3ccccc32)c1N. The topological polar surface area (TPSA) is 93.4 Å². The molecule has 0 unspecified atom stereocenters. The highest BCUT2D eigenvalue weighted by atomic mass is 15.4. The summed E-state index contributed by atoms with van der Waals surface area (Å²) < 4.78 is 1.53. The van der Waals surface area contributed by atoms with E-state index in [1.165, 1.54) is 10.9 Å². The van der Waals surface area contributed by atoms with E-state index in [0.717, 1.165) is 11.0 Å². The fourth-order valence-corrected chi connectivity index (χ4v) is 1.75. The number of fused-ring (bicyclic) bond motifs is 1. The number of nitrogens with zero attached hydrogens (tertiary/aromatic N) is 5. The largest absolute Gasteiger partial charge is 0.395 e. The van der Waals surface area contributed by atoms with Gasteiger partial charge >= 0.3 is 0 Å². The van der Waals surface area contributed by atoms with E-state index in [9.17, 15) is 0 Å². The first-order valence-corrected chi connectivity index (χ1v) is 5.26. The molecular weight excluding hydrogens is 228 g/mol. The summed E-state index contributed by atoms with van der Waals surface area (Å²) in [6.07, 6.45) is 1.53. The van der Waals surface area contributed by atoms with Gasteiger partial charge in [-0.05, 0) is 18.2 Å². The molecule has 86 valence electrons. The lowest BCUT2D eigenvalue weighted by atomic mass is 10.2. The highest BCUT2D eigenvalue weighted by Crippen LogP contribution is 2.21. The summed E-state index contributed by atoms with van der Waals surface area (Å²) >= 11 is 0. The molecule has 0 amide bonds. The molecule has 3 aromatic rings. The van der Waals surface area contributed by atoms with Crippen molar-refractivity contribution in [2.75, 3.05) is 5.73 Å². The molecule has 0 aliphatic heterocycles. The maximum atomic E-state index is 8.95. The van der Waals surface area contributed by atoms with Gasteiger partial charge in [-0.15, -0.1) is 5.10 Å². The third-order valence-corrected chi connectivity index (χ3v) is 2.64. The number of pyridine rings is 1. The van der Waals surface area contributed by atoms with Crippen molar-refractivity contribution in [2.45, 2.75) is 0 Å². The van der Waals surface area contributed by atoms with Gasteiger partial charge in [-0.3, -0.25) is 0 Å². The maximum absolute atomic E-state index is 8.95. The molecule has 0 bridgehead atoms. The Balaban J connectivity index is 2.31. The van der Waals surface area contributed by atoms with Crippen LogP contribution in [0.1, 0.15) is 5.56 Å². The minimum absolute atomic E-state index is 0.302. The monoisotopic (exact) mass is 236 g/mol. The van der Waals surface area contributed by atoms with Crippen LogP contribution in [0.2, 0.25) is 0 Å². The Bertz CT molecular complexity index is 768. The van der Waals surface area contributed by atoms with E-state index in [1.54, 1.807) is 6.07 Å². The number of aromatic nitrogens is 4. The van der Waals surface area contributed by atoms with Gasteiger partial charge in [-0.1, -0.05) is 17.3 Å². The maximum Gasteiger partial charge on any atom is 0.180 e. The third-order valence-electron chi connectivity index (χ3n) is 2.64. The molecule has 1 aromatic carbocycles. The van der Waals surface area contributed by atoms with Gasteiger partial charge in [-0.25, -0.2) is 4.98 Å². The zero-order chi connectivity index (χ0) is 12.5. The van der Waals surface area contributed by atoms with Crippen LogP contribution in [-0.2, 0) is 0 Å². The minimum Gasteiger partial charge on any atom is -0.395 e. The van der Waals surface area contributed by atoms with Gasteiger partial charge < -0.3 is 5.73 Å². The molecule has 0 aliphatic carbocycles. The number of anilines is 1. The number of hydrogen-bond acceptors (Lipinski definition) is 5. The number of rotatable bonds is 1. The second-order valence-electron chi connectivity index (χ2n) is 3.70. The van der Waals surface area contributed by atoms with Crippen molar-refractivity contribution in [3.8, 4) is 11.9 Å². The highest BCUT2D eigenvalue weighted by Gasteiger charge is 2.12. The molecule has 0 radical (unpaired) electrons. The summed E-state index contributed by atoms with van der Waals surface area (Å²) in [5.41, 5.74) is 8.13. The molecule has 2 heterocycles. The minimum atomic E-state index is 0.302. The summed E-state index contributed by atoms with van der Waals surface area (Å²) in [6, 6.07) is 11.1. The zero-order valence-electron chi connectivity index (χ0n) is 9.28. The Morgan fingerprint density at radius 2 is 2.06 bits per heavy atom. The van der Waals surface area contributed by atoms with E-state index < -0.39 is 0 Å². The van der Waals surface area contributed by atoms with Crippen LogP contribution >= 0.6 is 0 Å². The third kappa shape index (κ3) is 1.38. The molecule has 2 N–H and O–H groups in total. The lowest BCUT2D eigenvalue weighted by Crippen LogP contribution is -2.06. The first-order chi connectivity index (χ1) is 8.81. The van der Waals surface area contributed by atoms with Gasteiger partial charge in [0.1, 0.15) is 11.6 Å². The quantitative estimate of drug-likeness (QED) is 0.686. The van der Waals surface area contributed by atoms with Gasteiger partial charge in [-0.2, -0.15) is 9.94 Å². The predicted octanol–water partition coefficient (Wildman–Crippen LogP) is 1.27. The lowest BCUT2D eigenvalue weighted by molar-refractivity contribution is 0.803. The van der Waals surface area contributed by atoms with Crippen LogP contribution < -0.4 is 5.73 Å². The fraction of sp³-hybridized carbons (Fsp3) is 0. The summed E-state index contributed by atoms with van der Waals surface area (Å²) in [4.78, 5) is 4.16. The highest BCUT2D eigenvalue weighted by molar-refractivity contribution is 5.77. The summed E-state index contributed by atoms with van der Waals surface area (Å²) in [7, 11) is 0. The van der Waals surface area contributed by atoms with Gasteiger partial charge in [0, 0.05) is 6.20 Å². The molecule has 0 saturated heterocycles. The van der Waals surface area contributed by atoms with Crippen LogP contribution in [0.25, 0.3) is 16.9 Å². The van der Waals surface area contributed by atoms with Gasteiger partial charge in [0.2, 0.25) is 0 Å². The fourth-order valence-electron chi connectivity index (χ4n) is 1.75. The van der Waals surface area contributed by atoms with Crippen LogP contribution in [0.3, 0.4) is 0 Å². The Labute approximate surface area is 102 Å². The Kier molecular flexibility index (Phi) is 2.17. The van der Waals surface area contributed by atoms with Crippen molar-refractivity contribution < 1.29 is 0 Å². The molecule has 0 atom stereocenters. The number of nitriles is 1. The number of nitrogen functional groups attached to an aromatic ring is 1. The molecule has 0 aliphatic rings. The summed E-state index contributed by atoms with van der Waals surface area (Å²) in [5.74, 6) is 0.419. The zero-order valence-corrected chi connectivity index (χ0v) is 9.28. The van der Waals surface area contributed by atoms with Crippen molar-refractivity contribution >= 4 is 16.7 Å². The number of hydrogen-bond donors (Lipinski definition) is 1. The van der Waals surface area contributed by atoms with Crippen molar-refractivity contribution in [2.24, 2.45) is 0 Å². The van der Waals surface area contributed by atoms with E-state index >= 15 is 0 Å². The van der Waals surface area contributed by atoms with E-state index in [1.807, 2.05) is 30.3 Å². The van der Waals surface area contributed by atoms with Gasteiger partial charge in [0.15, 0.2) is 5.82 Å². The van der Waals surface area contributed by atoms with Crippen molar-refractivity contribution in [3.05, 3.63) is 42.1 Å². The van der Waals surface area contributed by atoms with E-state index in [2.05, 4.69) is 15.3 Å². The average Bonchev–Trinajstić information content (AvgIpc) is 2.83. The first-order valence-electron chi connectivity index (χ1n) is 5.26. The molecule has 6 nitrogen and oxygen atoms in total. The first kappa shape index (κ1) is 10.2. The van der Waals surface area contributed by atoms with E-state index in [-0.39, 0.29) is 0 Å². The van der Waals surface area contributed by atoms with Crippen LogP contribution in [-0.4, -0.2) is 20.0 Å². The normalized spacial score (nSPS) is 10.4. The lowest BCUT2D eigenvalue weighted by Gasteiger charge is -2.05. The van der Waals surface area contributed by atoms with Crippen molar-refractivity contribution in [3.63, 3.8) is 0 Å². The van der Waals surface area contributed by atoms with Crippen LogP contribution in [0.15, 0.2) is 36.5 Å². The Morgan fingerprint density at radius 3 is 2.89 bits per heavy atom. The summed E-state index contributed by atoms with van der Waals surface area (Å²) in [6.45, 7) is 0.